The molecule has 5 rings (SSSR count). The summed E-state index contributed by atoms with van der Waals surface area (Å²) < 4.78 is 28.2. The Morgan fingerprint density at radius 3 is 2.40 bits per heavy atom. The van der Waals surface area contributed by atoms with Crippen LogP contribution in [-0.4, -0.2) is 68.9 Å². The Hall–Kier alpha value is -3.25. The minimum Gasteiger partial charge on any atom is -0.364 e. The molecule has 43 heavy (non-hydrogen) atoms. The minimum atomic E-state index is -0.779. The zero-order valence-electron chi connectivity index (χ0n) is 25.9. The number of aromatic nitrogens is 4. The van der Waals surface area contributed by atoms with E-state index >= 15 is 4.39 Å². The van der Waals surface area contributed by atoms with E-state index in [0.29, 0.717) is 59.7 Å². The van der Waals surface area contributed by atoms with Crippen LogP contribution in [0.5, 0.6) is 0 Å². The number of hydrogen-bond acceptors (Lipinski definition) is 7. The second-order valence-corrected chi connectivity index (χ2v) is 17.2. The molecule has 2 aliphatic rings. The van der Waals surface area contributed by atoms with Gasteiger partial charge in [0.25, 0.3) is 5.91 Å². The molecule has 2 saturated carbocycles. The van der Waals surface area contributed by atoms with Crippen molar-refractivity contribution in [2.24, 2.45) is 17.8 Å². The molecule has 2 amide bonds. The van der Waals surface area contributed by atoms with Crippen molar-refractivity contribution in [2.75, 3.05) is 36.4 Å². The zero-order valence-corrected chi connectivity index (χ0v) is 26.7. The second-order valence-electron chi connectivity index (χ2n) is 12.6. The SMILES string of the molecule is CCc1c(-c2ccc(NC(=O)C(NC(=O)c3conc3C)C(C3CC3)C3CC3)nc2F)c(C)nn1COCCS(C)(C)C. The van der Waals surface area contributed by atoms with Crippen LogP contribution in [0, 0.1) is 37.5 Å². The van der Waals surface area contributed by atoms with Gasteiger partial charge in [0.1, 0.15) is 30.4 Å². The first-order chi connectivity index (χ1) is 20.5. The van der Waals surface area contributed by atoms with Crippen LogP contribution in [0.4, 0.5) is 10.2 Å². The van der Waals surface area contributed by atoms with Crippen LogP contribution in [0.3, 0.4) is 0 Å². The van der Waals surface area contributed by atoms with Crippen molar-refractivity contribution >= 4 is 27.7 Å². The van der Waals surface area contributed by atoms with Gasteiger partial charge >= 0.3 is 0 Å². The quantitative estimate of drug-likeness (QED) is 0.191. The Bertz CT molecular complexity index is 1460. The Morgan fingerprint density at radius 2 is 1.84 bits per heavy atom. The molecule has 234 valence electrons. The first-order valence-corrected chi connectivity index (χ1v) is 18.0. The number of aryl methyl sites for hydroxylation is 2. The molecule has 2 aliphatic carbocycles. The van der Waals surface area contributed by atoms with Gasteiger partial charge in [-0.15, -0.1) is 0 Å². The van der Waals surface area contributed by atoms with Gasteiger partial charge in [-0.3, -0.25) is 9.59 Å². The van der Waals surface area contributed by atoms with E-state index in [-0.39, 0.29) is 11.7 Å². The van der Waals surface area contributed by atoms with E-state index in [9.17, 15) is 9.59 Å². The largest absolute Gasteiger partial charge is 0.364 e. The number of nitrogens with one attached hydrogen (secondary N) is 2. The lowest BCUT2D eigenvalue weighted by Gasteiger charge is -2.27. The molecule has 0 radical (unpaired) electrons. The molecule has 0 bridgehead atoms. The number of rotatable bonds is 14. The summed E-state index contributed by atoms with van der Waals surface area (Å²) in [5, 5.41) is 14.1. The average molecular weight is 615 g/mol. The van der Waals surface area contributed by atoms with Crippen molar-refractivity contribution < 1.29 is 23.2 Å². The smallest absolute Gasteiger partial charge is 0.257 e. The Kier molecular flexibility index (Phi) is 9.26. The van der Waals surface area contributed by atoms with Crippen LogP contribution in [0.25, 0.3) is 11.1 Å². The molecule has 0 saturated heterocycles. The van der Waals surface area contributed by atoms with E-state index in [0.717, 1.165) is 37.1 Å². The Balaban J connectivity index is 1.33. The van der Waals surface area contributed by atoms with Crippen LogP contribution in [0.15, 0.2) is 22.9 Å². The van der Waals surface area contributed by atoms with Gasteiger partial charge in [-0.05, 0) is 94.6 Å². The summed E-state index contributed by atoms with van der Waals surface area (Å²) in [5.74, 6) is 0.346. The van der Waals surface area contributed by atoms with Gasteiger partial charge in [0.15, 0.2) is 0 Å². The van der Waals surface area contributed by atoms with Crippen molar-refractivity contribution in [3.05, 3.63) is 47.0 Å². The molecule has 3 heterocycles. The number of anilines is 1. The van der Waals surface area contributed by atoms with Crippen LogP contribution in [-0.2, 0) is 22.7 Å². The molecule has 0 aliphatic heterocycles. The standard InChI is InChI=1S/C31H43FN6O4S/c1-7-24-26(19(3)36-38(24)17-41-14-15-43(4,5)6)22-12-13-25(33-29(22)32)34-31(40)28(27(20-8-9-20)21-10-11-21)35-30(39)23-16-42-37-18(23)2/h12-13,16,20-21,27-28H,7-11,14-15,17H2,1-6H3,(H,35,39)(H,33,34,40). The maximum absolute atomic E-state index is 15.6. The maximum Gasteiger partial charge on any atom is 0.257 e. The van der Waals surface area contributed by atoms with Crippen LogP contribution in [0.1, 0.15) is 60.0 Å². The van der Waals surface area contributed by atoms with Crippen molar-refractivity contribution in [1.82, 2.24) is 25.2 Å². The molecule has 10 nitrogen and oxygen atoms in total. The van der Waals surface area contributed by atoms with E-state index < -0.39 is 33.8 Å². The molecule has 3 aromatic rings. The zero-order chi connectivity index (χ0) is 30.9. The minimum absolute atomic E-state index is 0.0147. The van der Waals surface area contributed by atoms with Gasteiger partial charge in [-0.25, -0.2) is 19.7 Å². The third-order valence-corrected chi connectivity index (χ3v) is 9.66. The van der Waals surface area contributed by atoms with E-state index in [1.807, 2.05) is 13.8 Å². The number of halogens is 1. The number of amides is 2. The second kappa shape index (κ2) is 12.8. The first-order valence-electron chi connectivity index (χ1n) is 15.0. The molecular weight excluding hydrogens is 571 g/mol. The summed E-state index contributed by atoms with van der Waals surface area (Å²) in [4.78, 5) is 30.9. The molecule has 12 heteroatoms. The number of carbonyl (C=O) groups is 2. The van der Waals surface area contributed by atoms with Gasteiger partial charge in [-0.2, -0.15) is 9.49 Å². The average Bonchev–Trinajstić information content (AvgIpc) is 3.88. The Labute approximate surface area is 253 Å². The predicted octanol–water partition coefficient (Wildman–Crippen LogP) is 5.09. The highest BCUT2D eigenvalue weighted by molar-refractivity contribution is 8.32. The van der Waals surface area contributed by atoms with Crippen molar-refractivity contribution in [3.63, 3.8) is 0 Å². The van der Waals surface area contributed by atoms with Gasteiger partial charge in [0.2, 0.25) is 11.9 Å². The number of nitrogens with zero attached hydrogens (tertiary/aromatic N) is 4. The topological polar surface area (TPSA) is 124 Å². The van der Waals surface area contributed by atoms with E-state index in [1.54, 1.807) is 23.7 Å². The molecule has 2 N–H and O–H groups in total. The van der Waals surface area contributed by atoms with Crippen LogP contribution >= 0.6 is 10.0 Å². The van der Waals surface area contributed by atoms with Crippen molar-refractivity contribution in [3.8, 4) is 11.1 Å². The van der Waals surface area contributed by atoms with Crippen molar-refractivity contribution in [2.45, 2.75) is 65.6 Å². The fraction of sp³-hybridized carbons (Fsp3) is 0.581. The molecule has 2 fully saturated rings. The normalized spacial score (nSPS) is 16.4. The summed E-state index contributed by atoms with van der Waals surface area (Å²) in [6.07, 6.45) is 12.8. The highest BCUT2D eigenvalue weighted by atomic mass is 32.3. The van der Waals surface area contributed by atoms with Gasteiger partial charge in [-0.1, -0.05) is 12.1 Å². The fourth-order valence-corrected chi connectivity index (χ4v) is 6.38. The highest BCUT2D eigenvalue weighted by Gasteiger charge is 2.48. The van der Waals surface area contributed by atoms with Crippen molar-refractivity contribution in [1.29, 1.82) is 0 Å². The molecule has 3 aromatic heterocycles. The first kappa shape index (κ1) is 31.2. The summed E-state index contributed by atoms with van der Waals surface area (Å²) in [5.41, 5.74) is 3.30. The maximum atomic E-state index is 15.6. The molecule has 1 unspecified atom stereocenters. The van der Waals surface area contributed by atoms with Crippen LogP contribution < -0.4 is 10.6 Å². The summed E-state index contributed by atoms with van der Waals surface area (Å²) in [6.45, 7) is 6.47. The number of ether oxygens (including phenoxy) is 1. The van der Waals surface area contributed by atoms with Gasteiger partial charge in [0.05, 0.1) is 18.0 Å². The lowest BCUT2D eigenvalue weighted by molar-refractivity contribution is -0.119. The lowest BCUT2D eigenvalue weighted by atomic mass is 9.88. The van der Waals surface area contributed by atoms with E-state index in [1.165, 1.54) is 6.26 Å². The highest BCUT2D eigenvalue weighted by Crippen LogP contribution is 2.51. The molecule has 0 spiro atoms. The van der Waals surface area contributed by atoms with Gasteiger partial charge in [0, 0.05) is 22.6 Å². The lowest BCUT2D eigenvalue weighted by Crippen LogP contribution is -2.50. The van der Waals surface area contributed by atoms with E-state index in [2.05, 4.69) is 44.6 Å². The predicted molar refractivity (Wildman–Crippen MR) is 166 cm³/mol. The van der Waals surface area contributed by atoms with Crippen LogP contribution in [0.2, 0.25) is 0 Å². The number of carbonyl (C=O) groups excluding carboxylic acids is 2. The molecule has 0 aromatic carbocycles. The Morgan fingerprint density at radius 1 is 1.14 bits per heavy atom. The number of pyridine rings is 1. The summed E-state index contributed by atoms with van der Waals surface area (Å²) >= 11 is 0. The summed E-state index contributed by atoms with van der Waals surface area (Å²) in [7, 11) is -0.659. The van der Waals surface area contributed by atoms with E-state index in [4.69, 9.17) is 9.26 Å². The third kappa shape index (κ3) is 7.46. The summed E-state index contributed by atoms with van der Waals surface area (Å²) in [6, 6.07) is 2.45. The molecular formula is C31H43FN6O4S. The van der Waals surface area contributed by atoms with Gasteiger partial charge < -0.3 is 19.9 Å². The molecule has 1 atom stereocenters. The monoisotopic (exact) mass is 614 g/mol. The third-order valence-electron chi connectivity index (χ3n) is 8.27. The fourth-order valence-electron chi connectivity index (χ4n) is 5.76. The number of hydrogen-bond donors (Lipinski definition) is 2.